The Bertz CT molecular complexity index is 1230. The Kier molecular flexibility index (Phi) is 8.58. The molecule has 1 saturated heterocycles. The zero-order chi connectivity index (χ0) is 26.3. The maximum absolute atomic E-state index is 11.7. The number of aryl methyl sites for hydroxylation is 2. The number of carbonyl (C=O) groups is 1. The third-order valence-corrected chi connectivity index (χ3v) is 7.67. The van der Waals surface area contributed by atoms with E-state index in [9.17, 15) is 4.79 Å². The van der Waals surface area contributed by atoms with Gasteiger partial charge in [-0.1, -0.05) is 18.2 Å². The molecule has 0 aliphatic carbocycles. The van der Waals surface area contributed by atoms with Crippen molar-refractivity contribution in [2.45, 2.75) is 56.8 Å². The van der Waals surface area contributed by atoms with E-state index in [1.54, 1.807) is 11.8 Å². The lowest BCUT2D eigenvalue weighted by Crippen LogP contribution is -2.15. The van der Waals surface area contributed by atoms with Crippen LogP contribution in [0.15, 0.2) is 36.4 Å². The Morgan fingerprint density at radius 1 is 1.18 bits per heavy atom. The van der Waals surface area contributed by atoms with Gasteiger partial charge in [-0.25, -0.2) is 9.67 Å². The number of hydrogen-bond donors (Lipinski definition) is 1. The van der Waals surface area contributed by atoms with E-state index < -0.39 is 0 Å². The summed E-state index contributed by atoms with van der Waals surface area (Å²) in [6.07, 6.45) is 7.01. The molecule has 1 aromatic carbocycles. The minimum Gasteiger partial charge on any atom is -0.496 e. The molecular weight excluding hydrogens is 480 g/mol. The zero-order valence-electron chi connectivity index (χ0n) is 22.4. The predicted molar refractivity (Wildman–Crippen MR) is 146 cm³/mol. The van der Waals surface area contributed by atoms with Crippen molar-refractivity contribution < 1.29 is 19.0 Å². The van der Waals surface area contributed by atoms with Crippen LogP contribution >= 0.6 is 0 Å². The van der Waals surface area contributed by atoms with E-state index in [2.05, 4.69) is 29.6 Å². The van der Waals surface area contributed by atoms with E-state index in [-0.39, 0.29) is 5.92 Å². The second-order valence-electron chi connectivity index (χ2n) is 10.2. The van der Waals surface area contributed by atoms with Gasteiger partial charge in [0, 0.05) is 51.4 Å². The molecule has 8 heteroatoms. The van der Waals surface area contributed by atoms with Gasteiger partial charge < -0.3 is 24.3 Å². The van der Waals surface area contributed by atoms with Crippen LogP contribution < -0.4 is 14.8 Å². The Hall–Kier alpha value is -3.39. The van der Waals surface area contributed by atoms with E-state index in [1.165, 1.54) is 11.1 Å². The highest BCUT2D eigenvalue weighted by atomic mass is 16.5. The van der Waals surface area contributed by atoms with Gasteiger partial charge in [-0.2, -0.15) is 5.10 Å². The minimum absolute atomic E-state index is 0.0304. The number of pyridine rings is 1. The van der Waals surface area contributed by atoms with Crippen LogP contribution in [0, 0.1) is 0 Å². The third kappa shape index (κ3) is 6.18. The fourth-order valence-corrected chi connectivity index (χ4v) is 5.56. The van der Waals surface area contributed by atoms with E-state index in [0.29, 0.717) is 31.2 Å². The van der Waals surface area contributed by atoms with Crippen molar-refractivity contribution in [1.29, 1.82) is 0 Å². The maximum Gasteiger partial charge on any atom is 0.211 e. The van der Waals surface area contributed by atoms with Gasteiger partial charge >= 0.3 is 0 Å². The van der Waals surface area contributed by atoms with Crippen molar-refractivity contribution in [3.63, 3.8) is 0 Å². The van der Waals surface area contributed by atoms with Crippen molar-refractivity contribution >= 4 is 12.1 Å². The number of anilines is 1. The van der Waals surface area contributed by atoms with Crippen LogP contribution in [0.1, 0.15) is 65.6 Å². The van der Waals surface area contributed by atoms with Gasteiger partial charge in [-0.3, -0.25) is 0 Å². The van der Waals surface area contributed by atoms with E-state index in [1.807, 2.05) is 19.2 Å². The minimum atomic E-state index is -0.0304. The molecule has 38 heavy (non-hydrogen) atoms. The average Bonchev–Trinajstić information content (AvgIpc) is 3.31. The largest absolute Gasteiger partial charge is 0.496 e. The van der Waals surface area contributed by atoms with Crippen LogP contribution in [0.25, 0.3) is 0 Å². The van der Waals surface area contributed by atoms with Gasteiger partial charge in [-0.15, -0.1) is 0 Å². The second kappa shape index (κ2) is 12.4. The molecule has 4 heterocycles. The first-order chi connectivity index (χ1) is 18.6. The molecule has 1 N–H and O–H groups in total. The van der Waals surface area contributed by atoms with Gasteiger partial charge in [0.25, 0.3) is 0 Å². The predicted octanol–water partition coefficient (Wildman–Crippen LogP) is 4.61. The first-order valence-electron chi connectivity index (χ1n) is 13.7. The summed E-state index contributed by atoms with van der Waals surface area (Å²) in [4.78, 5) is 16.4. The number of methoxy groups -OCH3 is 1. The molecule has 2 aliphatic heterocycles. The van der Waals surface area contributed by atoms with Crippen LogP contribution in [-0.4, -0.2) is 54.5 Å². The Labute approximate surface area is 224 Å². The zero-order valence-corrected chi connectivity index (χ0v) is 22.4. The molecule has 0 saturated carbocycles. The normalized spacial score (nSPS) is 16.4. The molecule has 0 bridgehead atoms. The van der Waals surface area contributed by atoms with Gasteiger partial charge in [0.2, 0.25) is 5.88 Å². The van der Waals surface area contributed by atoms with Crippen LogP contribution in [0.3, 0.4) is 0 Å². The highest BCUT2D eigenvalue weighted by molar-refractivity contribution is 5.54. The summed E-state index contributed by atoms with van der Waals surface area (Å²) in [5.74, 6) is 2.97. The molecule has 5 rings (SSSR count). The quantitative estimate of drug-likeness (QED) is 0.371. The lowest BCUT2D eigenvalue weighted by atomic mass is 9.85. The topological polar surface area (TPSA) is 87.5 Å². The van der Waals surface area contributed by atoms with Crippen molar-refractivity contribution in [1.82, 2.24) is 14.8 Å². The smallest absolute Gasteiger partial charge is 0.211 e. The fourth-order valence-electron chi connectivity index (χ4n) is 5.56. The standard InChI is InChI=1S/C30H38N4O4/c1-34-29(38-17-12-25-7-5-22-4-3-13-31-30(22)32-25)20-26(33-34)18-24(9-14-35)27-19-23(6-8-28(27)36-2)21-10-15-37-16-11-21/h5-8,14,19-21,24H,3-4,9-13,15-18H2,1-2H3,(H,31,32). The van der Waals surface area contributed by atoms with Crippen molar-refractivity contribution in [2.75, 3.05) is 38.8 Å². The summed E-state index contributed by atoms with van der Waals surface area (Å²) in [6.45, 7) is 3.08. The SMILES string of the molecule is COc1ccc(C2CCOCC2)cc1C(CC=O)Cc1cc(OCCc2ccc3c(n2)NCCC3)n(C)n1. The number of benzene rings is 1. The van der Waals surface area contributed by atoms with E-state index >= 15 is 0 Å². The number of nitrogens with zero attached hydrogens (tertiary/aromatic N) is 3. The number of hydrogen-bond acceptors (Lipinski definition) is 7. The van der Waals surface area contributed by atoms with E-state index in [4.69, 9.17) is 24.3 Å². The molecule has 1 fully saturated rings. The number of aromatic nitrogens is 3. The summed E-state index contributed by atoms with van der Waals surface area (Å²) in [6, 6.07) is 12.7. The number of carbonyl (C=O) groups excluding carboxylic acids is 1. The van der Waals surface area contributed by atoms with Crippen LogP contribution in [-0.2, 0) is 35.8 Å². The van der Waals surface area contributed by atoms with Crippen molar-refractivity contribution in [2.24, 2.45) is 7.05 Å². The third-order valence-electron chi connectivity index (χ3n) is 7.67. The van der Waals surface area contributed by atoms with Crippen LogP contribution in [0.2, 0.25) is 0 Å². The molecule has 8 nitrogen and oxygen atoms in total. The molecule has 2 aliphatic rings. The van der Waals surface area contributed by atoms with Crippen molar-refractivity contribution in [3.05, 3.63) is 64.5 Å². The maximum atomic E-state index is 11.7. The summed E-state index contributed by atoms with van der Waals surface area (Å²) < 4.78 is 19.1. The van der Waals surface area contributed by atoms with Gasteiger partial charge in [0.1, 0.15) is 17.9 Å². The van der Waals surface area contributed by atoms with Gasteiger partial charge in [0.05, 0.1) is 19.4 Å². The second-order valence-corrected chi connectivity index (χ2v) is 10.2. The fraction of sp³-hybridized carbons (Fsp3) is 0.500. The summed E-state index contributed by atoms with van der Waals surface area (Å²) >= 11 is 0. The average molecular weight is 519 g/mol. The highest BCUT2D eigenvalue weighted by Crippen LogP contribution is 2.36. The summed E-state index contributed by atoms with van der Waals surface area (Å²) in [5, 5.41) is 8.09. The number of fused-ring (bicyclic) bond motifs is 1. The van der Waals surface area contributed by atoms with Gasteiger partial charge in [-0.05, 0) is 72.8 Å². The lowest BCUT2D eigenvalue weighted by molar-refractivity contribution is -0.108. The van der Waals surface area contributed by atoms with Crippen LogP contribution in [0.5, 0.6) is 11.6 Å². The number of nitrogens with one attached hydrogen (secondary N) is 1. The Morgan fingerprint density at radius 3 is 2.87 bits per heavy atom. The molecule has 1 unspecified atom stereocenters. The Morgan fingerprint density at radius 2 is 2.05 bits per heavy atom. The molecule has 0 spiro atoms. The van der Waals surface area contributed by atoms with Gasteiger partial charge in [0.15, 0.2) is 0 Å². The van der Waals surface area contributed by atoms with E-state index in [0.717, 1.165) is 86.7 Å². The van der Waals surface area contributed by atoms with Crippen LogP contribution in [0.4, 0.5) is 5.82 Å². The molecule has 1 atom stereocenters. The number of ether oxygens (including phenoxy) is 3. The first kappa shape index (κ1) is 26.2. The first-order valence-corrected chi connectivity index (χ1v) is 13.7. The molecule has 0 amide bonds. The number of rotatable bonds is 11. The lowest BCUT2D eigenvalue weighted by Gasteiger charge is -2.25. The molecule has 0 radical (unpaired) electrons. The monoisotopic (exact) mass is 518 g/mol. The molecular formula is C30H38N4O4. The highest BCUT2D eigenvalue weighted by Gasteiger charge is 2.23. The Balaban J connectivity index is 1.26. The number of aldehydes is 1. The van der Waals surface area contributed by atoms with Crippen molar-refractivity contribution in [3.8, 4) is 11.6 Å². The summed E-state index contributed by atoms with van der Waals surface area (Å²) in [5.41, 5.74) is 5.55. The molecule has 3 aromatic rings. The summed E-state index contributed by atoms with van der Waals surface area (Å²) in [7, 11) is 3.58. The molecule has 2 aromatic heterocycles. The molecule has 202 valence electrons.